The van der Waals surface area contributed by atoms with Gasteiger partial charge in [0.15, 0.2) is 0 Å². The van der Waals surface area contributed by atoms with E-state index in [0.29, 0.717) is 21.8 Å². The first kappa shape index (κ1) is 18.6. The summed E-state index contributed by atoms with van der Waals surface area (Å²) in [6.07, 6.45) is 0. The van der Waals surface area contributed by atoms with Crippen molar-refractivity contribution in [1.29, 1.82) is 0 Å². The second-order valence-corrected chi connectivity index (χ2v) is 6.78. The molecule has 0 spiro atoms. The first-order chi connectivity index (χ1) is 11.7. The number of aromatic nitrogens is 1. The summed E-state index contributed by atoms with van der Waals surface area (Å²) in [7, 11) is 3.28. The molecule has 0 radical (unpaired) electrons. The fourth-order valence-electron chi connectivity index (χ4n) is 2.19. The number of nitrogens with one attached hydrogen (secondary N) is 1. The molecule has 0 aliphatic carbocycles. The van der Waals surface area contributed by atoms with Crippen molar-refractivity contribution in [2.75, 3.05) is 14.1 Å². The number of thiazole rings is 1. The molecule has 0 saturated carbocycles. The maximum absolute atomic E-state index is 12.4. The first-order valence-corrected chi connectivity index (χ1v) is 8.35. The van der Waals surface area contributed by atoms with Gasteiger partial charge in [0, 0.05) is 25.2 Å². The van der Waals surface area contributed by atoms with Gasteiger partial charge in [-0.3, -0.25) is 9.59 Å². The lowest BCUT2D eigenvalue weighted by atomic mass is 10.1. The first-order valence-electron chi connectivity index (χ1n) is 7.54. The van der Waals surface area contributed by atoms with Crippen molar-refractivity contribution in [3.8, 4) is 0 Å². The maximum atomic E-state index is 12.4. The topological polar surface area (TPSA) is 99.6 Å². The van der Waals surface area contributed by atoms with Gasteiger partial charge in [-0.15, -0.1) is 11.3 Å². The number of rotatable bonds is 5. The number of carbonyl (C=O) groups excluding carboxylic acids is 2. The largest absolute Gasteiger partial charge is 0.477 e. The van der Waals surface area contributed by atoms with Crippen LogP contribution in [0, 0.1) is 6.92 Å². The van der Waals surface area contributed by atoms with Gasteiger partial charge in [0.25, 0.3) is 11.8 Å². The number of aryl methyl sites for hydroxylation is 1. The summed E-state index contributed by atoms with van der Waals surface area (Å²) in [5.74, 6) is -1.58. The van der Waals surface area contributed by atoms with Crippen molar-refractivity contribution in [1.82, 2.24) is 15.2 Å². The van der Waals surface area contributed by atoms with Crippen LogP contribution in [0.4, 0.5) is 0 Å². The summed E-state index contributed by atoms with van der Waals surface area (Å²) < 4.78 is 0. The third kappa shape index (κ3) is 4.21. The van der Waals surface area contributed by atoms with Crippen molar-refractivity contribution in [2.45, 2.75) is 19.9 Å². The number of benzene rings is 1. The molecular weight excluding hydrogens is 342 g/mol. The monoisotopic (exact) mass is 361 g/mol. The molecule has 1 aromatic carbocycles. The van der Waals surface area contributed by atoms with E-state index in [0.717, 1.165) is 11.3 Å². The molecule has 2 rings (SSSR count). The molecule has 1 unspecified atom stereocenters. The fraction of sp³-hybridized carbons (Fsp3) is 0.294. The van der Waals surface area contributed by atoms with E-state index in [9.17, 15) is 14.4 Å². The molecule has 7 nitrogen and oxygen atoms in total. The van der Waals surface area contributed by atoms with Gasteiger partial charge in [0.2, 0.25) is 0 Å². The highest BCUT2D eigenvalue weighted by atomic mass is 32.1. The number of hydrogen-bond donors (Lipinski definition) is 2. The lowest BCUT2D eigenvalue weighted by Crippen LogP contribution is -2.27. The Morgan fingerprint density at radius 2 is 1.88 bits per heavy atom. The molecular formula is C17H19N3O4S. The quantitative estimate of drug-likeness (QED) is 0.851. The van der Waals surface area contributed by atoms with Crippen LogP contribution >= 0.6 is 11.3 Å². The number of hydrogen-bond acceptors (Lipinski definition) is 5. The van der Waals surface area contributed by atoms with Gasteiger partial charge in [-0.05, 0) is 32.0 Å². The Balaban J connectivity index is 2.16. The van der Waals surface area contributed by atoms with Crippen LogP contribution in [0.25, 0.3) is 0 Å². The van der Waals surface area contributed by atoms with Crippen LogP contribution in [0.1, 0.15) is 54.1 Å². The summed E-state index contributed by atoms with van der Waals surface area (Å²) in [6.45, 7) is 3.35. The number of aromatic carboxylic acids is 1. The van der Waals surface area contributed by atoms with Gasteiger partial charge in [0.1, 0.15) is 9.88 Å². The SMILES string of the molecule is Cc1nc(C(C)NC(=O)c2cccc(C(=O)N(C)C)c2)sc1C(=O)O. The van der Waals surface area contributed by atoms with Crippen LogP contribution < -0.4 is 5.32 Å². The Kier molecular flexibility index (Phi) is 5.53. The number of carboxylic acid groups (broad SMARTS) is 1. The number of carbonyl (C=O) groups is 3. The highest BCUT2D eigenvalue weighted by Gasteiger charge is 2.20. The summed E-state index contributed by atoms with van der Waals surface area (Å²) >= 11 is 1.04. The molecule has 1 heterocycles. The van der Waals surface area contributed by atoms with Crippen molar-refractivity contribution in [2.24, 2.45) is 0 Å². The second-order valence-electron chi connectivity index (χ2n) is 5.75. The Labute approximate surface area is 149 Å². The van der Waals surface area contributed by atoms with Crippen LogP contribution in [-0.2, 0) is 0 Å². The van der Waals surface area contributed by atoms with Crippen molar-refractivity contribution >= 4 is 29.1 Å². The molecule has 1 aromatic heterocycles. The Morgan fingerprint density at radius 3 is 2.44 bits per heavy atom. The molecule has 2 aromatic rings. The molecule has 132 valence electrons. The van der Waals surface area contributed by atoms with Gasteiger partial charge in [-0.2, -0.15) is 0 Å². The fourth-order valence-corrected chi connectivity index (χ4v) is 3.10. The molecule has 0 aliphatic heterocycles. The zero-order valence-corrected chi connectivity index (χ0v) is 15.2. The van der Waals surface area contributed by atoms with E-state index < -0.39 is 12.0 Å². The molecule has 2 N–H and O–H groups in total. The Morgan fingerprint density at radius 1 is 1.24 bits per heavy atom. The number of amides is 2. The minimum atomic E-state index is -1.03. The third-order valence-corrected chi connectivity index (χ3v) is 4.83. The standard InChI is InChI=1S/C17H19N3O4S/c1-9-13(17(23)24)25-15(19-9)10(2)18-14(21)11-6-5-7-12(8-11)16(22)20(3)4/h5-8,10H,1-4H3,(H,18,21)(H,23,24). The molecule has 0 aliphatic rings. The van der Waals surface area contributed by atoms with Crippen molar-refractivity contribution < 1.29 is 19.5 Å². The minimum Gasteiger partial charge on any atom is -0.477 e. The Hall–Kier alpha value is -2.74. The molecule has 0 bridgehead atoms. The van der Waals surface area contributed by atoms with Crippen LogP contribution in [0.5, 0.6) is 0 Å². The summed E-state index contributed by atoms with van der Waals surface area (Å²) in [5.41, 5.74) is 1.20. The van der Waals surface area contributed by atoms with E-state index in [1.165, 1.54) is 11.0 Å². The highest BCUT2D eigenvalue weighted by Crippen LogP contribution is 2.23. The molecule has 0 saturated heterocycles. The van der Waals surface area contributed by atoms with Gasteiger partial charge in [0.05, 0.1) is 11.7 Å². The van der Waals surface area contributed by atoms with E-state index >= 15 is 0 Å². The zero-order chi connectivity index (χ0) is 18.7. The smallest absolute Gasteiger partial charge is 0.347 e. The van der Waals surface area contributed by atoms with E-state index in [2.05, 4.69) is 10.3 Å². The molecule has 2 amide bonds. The second kappa shape index (κ2) is 7.43. The van der Waals surface area contributed by atoms with Gasteiger partial charge >= 0.3 is 5.97 Å². The molecule has 0 fully saturated rings. The van der Waals surface area contributed by atoms with E-state index in [4.69, 9.17) is 5.11 Å². The predicted molar refractivity (Wildman–Crippen MR) is 94.2 cm³/mol. The summed E-state index contributed by atoms with van der Waals surface area (Å²) in [4.78, 5) is 41.3. The minimum absolute atomic E-state index is 0.162. The predicted octanol–water partition coefficient (Wildman–Crippen LogP) is 2.34. The number of carboxylic acids is 1. The van der Waals surface area contributed by atoms with Crippen LogP contribution in [0.3, 0.4) is 0 Å². The summed E-state index contributed by atoms with van der Waals surface area (Å²) in [6, 6.07) is 5.99. The number of nitrogens with zero attached hydrogens (tertiary/aromatic N) is 2. The van der Waals surface area contributed by atoms with Crippen molar-refractivity contribution in [3.63, 3.8) is 0 Å². The van der Waals surface area contributed by atoms with Crippen molar-refractivity contribution in [3.05, 3.63) is 51.0 Å². The van der Waals surface area contributed by atoms with Gasteiger partial charge in [-0.1, -0.05) is 6.07 Å². The molecule has 25 heavy (non-hydrogen) atoms. The zero-order valence-electron chi connectivity index (χ0n) is 14.4. The van der Waals surface area contributed by atoms with E-state index in [1.807, 2.05) is 0 Å². The van der Waals surface area contributed by atoms with E-state index in [1.54, 1.807) is 46.1 Å². The third-order valence-electron chi connectivity index (χ3n) is 3.50. The van der Waals surface area contributed by atoms with E-state index in [-0.39, 0.29) is 16.7 Å². The normalized spacial score (nSPS) is 11.7. The van der Waals surface area contributed by atoms with Crippen LogP contribution in [0.15, 0.2) is 24.3 Å². The van der Waals surface area contributed by atoms with Gasteiger partial charge < -0.3 is 15.3 Å². The average molecular weight is 361 g/mol. The maximum Gasteiger partial charge on any atom is 0.347 e. The molecule has 8 heteroatoms. The highest BCUT2D eigenvalue weighted by molar-refractivity contribution is 7.13. The Bertz CT molecular complexity index is 829. The lowest BCUT2D eigenvalue weighted by Gasteiger charge is -2.13. The van der Waals surface area contributed by atoms with Crippen LogP contribution in [0.2, 0.25) is 0 Å². The average Bonchev–Trinajstić information content (AvgIpc) is 2.96. The summed E-state index contributed by atoms with van der Waals surface area (Å²) in [5, 5.41) is 12.4. The molecule has 1 atom stereocenters. The van der Waals surface area contributed by atoms with Crippen LogP contribution in [-0.4, -0.2) is 46.9 Å². The van der Waals surface area contributed by atoms with Gasteiger partial charge in [-0.25, -0.2) is 9.78 Å². The lowest BCUT2D eigenvalue weighted by molar-refractivity contribution is 0.0700.